The summed E-state index contributed by atoms with van der Waals surface area (Å²) < 4.78 is 5.45. The number of amides is 1. The normalized spacial score (nSPS) is 10.7. The first-order valence-corrected chi connectivity index (χ1v) is 10.7. The molecule has 0 fully saturated rings. The van der Waals surface area contributed by atoms with Crippen LogP contribution in [0.25, 0.3) is 22.5 Å². The number of aryl methyl sites for hydroxylation is 2. The maximum Gasteiger partial charge on any atom is 0.269 e. The number of anilines is 1. The second-order valence-corrected chi connectivity index (χ2v) is 8.53. The monoisotopic (exact) mass is 421 g/mol. The molecule has 2 heterocycles. The van der Waals surface area contributed by atoms with Crippen LogP contribution in [0.2, 0.25) is 0 Å². The van der Waals surface area contributed by atoms with Gasteiger partial charge >= 0.3 is 0 Å². The Labute approximate surface area is 177 Å². The van der Waals surface area contributed by atoms with E-state index in [0.717, 1.165) is 33.1 Å². The zero-order chi connectivity index (χ0) is 20.4. The molecule has 0 aliphatic heterocycles. The molecular formula is C22H19N3O2S2. The number of ether oxygens (including phenoxy) is 1. The zero-order valence-electron chi connectivity index (χ0n) is 16.2. The molecule has 0 spiro atoms. The molecule has 4 rings (SSSR count). The molecule has 0 atom stereocenters. The Morgan fingerprint density at radius 3 is 2.62 bits per heavy atom. The molecule has 7 heteroatoms. The maximum atomic E-state index is 12.9. The van der Waals surface area contributed by atoms with Gasteiger partial charge in [-0.3, -0.25) is 10.1 Å². The lowest BCUT2D eigenvalue weighted by molar-refractivity contribution is 0.103. The minimum Gasteiger partial charge on any atom is -0.496 e. The number of benzene rings is 2. The number of thiazole rings is 2. The summed E-state index contributed by atoms with van der Waals surface area (Å²) in [6.45, 7) is 3.93. The van der Waals surface area contributed by atoms with Gasteiger partial charge in [0.1, 0.15) is 10.6 Å². The third-order valence-electron chi connectivity index (χ3n) is 4.34. The van der Waals surface area contributed by atoms with Crippen molar-refractivity contribution in [2.24, 2.45) is 0 Å². The Bertz CT molecular complexity index is 1170. The van der Waals surface area contributed by atoms with E-state index in [-0.39, 0.29) is 5.91 Å². The molecule has 0 saturated heterocycles. The van der Waals surface area contributed by atoms with Crippen LogP contribution < -0.4 is 10.1 Å². The minimum absolute atomic E-state index is 0.202. The molecule has 0 aliphatic rings. The van der Waals surface area contributed by atoms with Gasteiger partial charge in [0.05, 0.1) is 23.5 Å². The van der Waals surface area contributed by atoms with E-state index in [9.17, 15) is 4.79 Å². The van der Waals surface area contributed by atoms with Crippen molar-refractivity contribution in [2.75, 3.05) is 12.4 Å². The zero-order valence-corrected chi connectivity index (χ0v) is 17.9. The van der Waals surface area contributed by atoms with Crippen LogP contribution in [0.5, 0.6) is 5.75 Å². The lowest BCUT2D eigenvalue weighted by atomic mass is 10.1. The van der Waals surface area contributed by atoms with Crippen LogP contribution in [0.4, 0.5) is 5.13 Å². The third kappa shape index (κ3) is 4.06. The lowest BCUT2D eigenvalue weighted by Gasteiger charge is -2.07. The van der Waals surface area contributed by atoms with Gasteiger partial charge in [0.2, 0.25) is 0 Å². The topological polar surface area (TPSA) is 64.1 Å². The van der Waals surface area contributed by atoms with Gasteiger partial charge in [-0.25, -0.2) is 9.97 Å². The van der Waals surface area contributed by atoms with Crippen molar-refractivity contribution in [1.82, 2.24) is 9.97 Å². The molecule has 29 heavy (non-hydrogen) atoms. The van der Waals surface area contributed by atoms with Crippen LogP contribution in [0, 0.1) is 13.8 Å². The maximum absolute atomic E-state index is 12.9. The number of methoxy groups -OCH3 is 1. The molecule has 0 bridgehead atoms. The van der Waals surface area contributed by atoms with E-state index in [1.807, 2.05) is 67.8 Å². The number of hydrogen-bond donors (Lipinski definition) is 1. The van der Waals surface area contributed by atoms with Crippen molar-refractivity contribution < 1.29 is 9.53 Å². The largest absolute Gasteiger partial charge is 0.496 e. The van der Waals surface area contributed by atoms with Crippen molar-refractivity contribution in [2.45, 2.75) is 13.8 Å². The van der Waals surface area contributed by atoms with Crippen LogP contribution >= 0.6 is 22.7 Å². The summed E-state index contributed by atoms with van der Waals surface area (Å²) in [6, 6.07) is 15.7. The highest BCUT2D eigenvalue weighted by atomic mass is 32.1. The van der Waals surface area contributed by atoms with E-state index in [2.05, 4.69) is 15.3 Å². The third-order valence-corrected chi connectivity index (χ3v) is 6.07. The molecule has 0 saturated carbocycles. The van der Waals surface area contributed by atoms with Gasteiger partial charge in [0, 0.05) is 16.5 Å². The number of nitrogens with zero attached hydrogens (tertiary/aromatic N) is 2. The Balaban J connectivity index is 1.61. The number of nitrogens with one attached hydrogen (secondary N) is 1. The van der Waals surface area contributed by atoms with Gasteiger partial charge in [-0.1, -0.05) is 42.0 Å². The predicted molar refractivity (Wildman–Crippen MR) is 119 cm³/mol. The smallest absolute Gasteiger partial charge is 0.269 e. The second kappa shape index (κ2) is 8.14. The molecule has 146 valence electrons. The van der Waals surface area contributed by atoms with Crippen molar-refractivity contribution in [3.05, 3.63) is 69.4 Å². The molecule has 2 aromatic heterocycles. The molecule has 1 N–H and O–H groups in total. The van der Waals surface area contributed by atoms with E-state index in [1.165, 1.54) is 22.7 Å². The average molecular weight is 422 g/mol. The fourth-order valence-electron chi connectivity index (χ4n) is 3.00. The van der Waals surface area contributed by atoms with Crippen LogP contribution in [0.1, 0.15) is 20.2 Å². The van der Waals surface area contributed by atoms with Crippen molar-refractivity contribution in [1.29, 1.82) is 0 Å². The number of carbonyl (C=O) groups excluding carboxylic acids is 1. The number of hydrogen-bond acceptors (Lipinski definition) is 6. The molecular weight excluding hydrogens is 402 g/mol. The van der Waals surface area contributed by atoms with Gasteiger partial charge in [0.25, 0.3) is 5.91 Å². The minimum atomic E-state index is -0.202. The Kier molecular flexibility index (Phi) is 5.42. The molecule has 0 aliphatic carbocycles. The van der Waals surface area contributed by atoms with E-state index < -0.39 is 0 Å². The molecule has 2 aromatic carbocycles. The first-order valence-electron chi connectivity index (χ1n) is 9.00. The molecule has 5 nitrogen and oxygen atoms in total. The fraction of sp³-hybridized carbons (Fsp3) is 0.136. The molecule has 0 unspecified atom stereocenters. The van der Waals surface area contributed by atoms with Gasteiger partial charge in [-0.15, -0.1) is 22.7 Å². The second-order valence-electron chi connectivity index (χ2n) is 6.47. The van der Waals surface area contributed by atoms with Crippen molar-refractivity contribution in [3.63, 3.8) is 0 Å². The Morgan fingerprint density at radius 1 is 1.07 bits per heavy atom. The Hall–Kier alpha value is -3.03. The molecule has 4 aromatic rings. The van der Waals surface area contributed by atoms with Crippen LogP contribution in [0.15, 0.2) is 53.9 Å². The van der Waals surface area contributed by atoms with Gasteiger partial charge in [-0.05, 0) is 26.0 Å². The van der Waals surface area contributed by atoms with E-state index in [1.54, 1.807) is 7.11 Å². The van der Waals surface area contributed by atoms with E-state index >= 15 is 0 Å². The van der Waals surface area contributed by atoms with Gasteiger partial charge in [0.15, 0.2) is 5.13 Å². The number of rotatable bonds is 5. The summed E-state index contributed by atoms with van der Waals surface area (Å²) in [5.74, 6) is 0.551. The lowest BCUT2D eigenvalue weighted by Crippen LogP contribution is -2.11. The van der Waals surface area contributed by atoms with Gasteiger partial charge in [-0.2, -0.15) is 0 Å². The quantitative estimate of drug-likeness (QED) is 0.442. The fourth-order valence-corrected chi connectivity index (χ4v) is 4.55. The number of carbonyl (C=O) groups is 1. The SMILES string of the molecule is COc1ccc(C)cc1-c1csc(NC(=O)c2sc(C)nc2-c2ccccc2)n1. The highest BCUT2D eigenvalue weighted by Gasteiger charge is 2.20. The summed E-state index contributed by atoms with van der Waals surface area (Å²) in [5.41, 5.74) is 4.42. The van der Waals surface area contributed by atoms with E-state index in [4.69, 9.17) is 4.74 Å². The average Bonchev–Trinajstić information content (AvgIpc) is 3.35. The molecule has 1 amide bonds. The standard InChI is InChI=1S/C22H19N3O2S2/c1-13-9-10-18(27-3)16(11-13)17-12-28-22(24-17)25-21(26)20-19(23-14(2)29-20)15-7-5-4-6-8-15/h4-12H,1-3H3,(H,24,25,26). The summed E-state index contributed by atoms with van der Waals surface area (Å²) in [6.07, 6.45) is 0. The summed E-state index contributed by atoms with van der Waals surface area (Å²) >= 11 is 2.77. The molecule has 0 radical (unpaired) electrons. The Morgan fingerprint density at radius 2 is 1.86 bits per heavy atom. The first-order chi connectivity index (χ1) is 14.0. The highest BCUT2D eigenvalue weighted by molar-refractivity contribution is 7.15. The summed E-state index contributed by atoms with van der Waals surface area (Å²) in [7, 11) is 1.64. The van der Waals surface area contributed by atoms with Crippen molar-refractivity contribution in [3.8, 4) is 28.3 Å². The van der Waals surface area contributed by atoms with Crippen LogP contribution in [-0.2, 0) is 0 Å². The van der Waals surface area contributed by atoms with E-state index in [0.29, 0.717) is 15.7 Å². The van der Waals surface area contributed by atoms with Crippen LogP contribution in [-0.4, -0.2) is 23.0 Å². The first kappa shape index (κ1) is 19.3. The summed E-state index contributed by atoms with van der Waals surface area (Å²) in [4.78, 5) is 22.7. The predicted octanol–water partition coefficient (Wildman–Crippen LogP) is 5.81. The summed E-state index contributed by atoms with van der Waals surface area (Å²) in [5, 5.41) is 6.23. The van der Waals surface area contributed by atoms with Gasteiger partial charge < -0.3 is 4.74 Å². The number of aromatic nitrogens is 2. The highest BCUT2D eigenvalue weighted by Crippen LogP contribution is 2.34. The van der Waals surface area contributed by atoms with Crippen molar-refractivity contribution >= 4 is 33.7 Å². The van der Waals surface area contributed by atoms with Crippen LogP contribution in [0.3, 0.4) is 0 Å².